The molecule has 0 bridgehead atoms. The van der Waals surface area contributed by atoms with Gasteiger partial charge in [-0.1, -0.05) is 12.1 Å². The highest BCUT2D eigenvalue weighted by Gasteiger charge is 2.12. The summed E-state index contributed by atoms with van der Waals surface area (Å²) in [7, 11) is 2.16. The Morgan fingerprint density at radius 1 is 1.21 bits per heavy atom. The number of hydrogen-bond acceptors (Lipinski definition) is 4. The summed E-state index contributed by atoms with van der Waals surface area (Å²) in [6, 6.07) is 6.00. The summed E-state index contributed by atoms with van der Waals surface area (Å²) in [6.07, 6.45) is 1.41. The average Bonchev–Trinajstić information content (AvgIpc) is 2.57. The van der Waals surface area contributed by atoms with Crippen molar-refractivity contribution in [3.05, 3.63) is 29.3 Å². The van der Waals surface area contributed by atoms with Crippen LogP contribution in [0.1, 0.15) is 24.0 Å². The fraction of sp³-hybridized carbons (Fsp3) is 0.632. The molecule has 1 heterocycles. The fourth-order valence-electron chi connectivity index (χ4n) is 2.82. The molecule has 1 aliphatic heterocycles. The van der Waals surface area contributed by atoms with Crippen molar-refractivity contribution in [2.75, 3.05) is 52.9 Å². The van der Waals surface area contributed by atoms with Crippen LogP contribution in [0.2, 0.25) is 0 Å². The second-order valence-electron chi connectivity index (χ2n) is 6.64. The van der Waals surface area contributed by atoms with E-state index < -0.39 is 0 Å². The zero-order chi connectivity index (χ0) is 17.4. The maximum absolute atomic E-state index is 11.9. The zero-order valence-electron chi connectivity index (χ0n) is 15.3. The van der Waals surface area contributed by atoms with Gasteiger partial charge in [0.15, 0.2) is 0 Å². The third-order valence-electron chi connectivity index (χ3n) is 4.71. The van der Waals surface area contributed by atoms with Gasteiger partial charge in [-0.05, 0) is 51.1 Å². The highest BCUT2D eigenvalue weighted by Crippen LogP contribution is 2.20. The molecule has 1 aliphatic rings. The molecule has 0 aromatic heterocycles. The largest absolute Gasteiger partial charge is 0.493 e. The monoisotopic (exact) mass is 333 g/mol. The highest BCUT2D eigenvalue weighted by molar-refractivity contribution is 5.75. The molecular formula is C19H31N3O2. The number of nitrogens with one attached hydrogen (secondary N) is 1. The van der Waals surface area contributed by atoms with Gasteiger partial charge in [-0.3, -0.25) is 4.79 Å². The van der Waals surface area contributed by atoms with Gasteiger partial charge in [-0.15, -0.1) is 0 Å². The Morgan fingerprint density at radius 3 is 2.71 bits per heavy atom. The van der Waals surface area contributed by atoms with Crippen LogP contribution in [-0.4, -0.2) is 68.6 Å². The molecule has 1 N–H and O–H groups in total. The molecule has 5 nitrogen and oxygen atoms in total. The minimum atomic E-state index is 0.0682. The van der Waals surface area contributed by atoms with Crippen LogP contribution in [0.5, 0.6) is 5.75 Å². The third kappa shape index (κ3) is 6.13. The lowest BCUT2D eigenvalue weighted by Gasteiger charge is -2.32. The first-order valence-electron chi connectivity index (χ1n) is 8.93. The van der Waals surface area contributed by atoms with Crippen molar-refractivity contribution < 1.29 is 9.53 Å². The van der Waals surface area contributed by atoms with Gasteiger partial charge in [0.2, 0.25) is 5.91 Å². The van der Waals surface area contributed by atoms with Gasteiger partial charge in [0.05, 0.1) is 13.0 Å². The van der Waals surface area contributed by atoms with Gasteiger partial charge in [0.25, 0.3) is 0 Å². The number of ether oxygens (including phenoxy) is 1. The molecule has 0 spiro atoms. The van der Waals surface area contributed by atoms with E-state index in [1.54, 1.807) is 0 Å². The number of nitrogens with zero attached hydrogens (tertiary/aromatic N) is 2. The third-order valence-corrected chi connectivity index (χ3v) is 4.71. The van der Waals surface area contributed by atoms with Crippen LogP contribution in [0, 0.1) is 13.8 Å². The van der Waals surface area contributed by atoms with Crippen LogP contribution in [0.4, 0.5) is 0 Å². The van der Waals surface area contributed by atoms with Crippen LogP contribution < -0.4 is 10.1 Å². The Bertz CT molecular complexity index is 525. The van der Waals surface area contributed by atoms with Crippen LogP contribution >= 0.6 is 0 Å². The van der Waals surface area contributed by atoms with Gasteiger partial charge >= 0.3 is 0 Å². The summed E-state index contributed by atoms with van der Waals surface area (Å²) < 4.78 is 5.73. The van der Waals surface area contributed by atoms with Crippen molar-refractivity contribution in [2.45, 2.75) is 26.7 Å². The van der Waals surface area contributed by atoms with E-state index in [0.717, 1.165) is 57.0 Å². The number of carbonyl (C=O) groups is 1. The van der Waals surface area contributed by atoms with Gasteiger partial charge in [-0.2, -0.15) is 0 Å². The molecule has 134 valence electrons. The Kier molecular flexibility index (Phi) is 7.53. The summed E-state index contributed by atoms with van der Waals surface area (Å²) >= 11 is 0. The number of hydrogen-bond donors (Lipinski definition) is 1. The quantitative estimate of drug-likeness (QED) is 0.737. The topological polar surface area (TPSA) is 44.8 Å². The summed E-state index contributed by atoms with van der Waals surface area (Å²) in [6.45, 7) is 10.9. The van der Waals surface area contributed by atoms with Crippen LogP contribution in [0.3, 0.4) is 0 Å². The first-order chi connectivity index (χ1) is 11.6. The smallest absolute Gasteiger partial charge is 0.223 e. The van der Waals surface area contributed by atoms with Gasteiger partial charge in [0.1, 0.15) is 5.75 Å². The molecule has 0 atom stereocenters. The maximum Gasteiger partial charge on any atom is 0.223 e. The molecular weight excluding hydrogens is 302 g/mol. The first-order valence-corrected chi connectivity index (χ1v) is 8.93. The maximum atomic E-state index is 11.9. The van der Waals surface area contributed by atoms with E-state index in [1.807, 2.05) is 19.1 Å². The minimum Gasteiger partial charge on any atom is -0.493 e. The molecule has 0 saturated carbocycles. The van der Waals surface area contributed by atoms with Crippen molar-refractivity contribution >= 4 is 5.91 Å². The molecule has 1 saturated heterocycles. The van der Waals surface area contributed by atoms with Crippen molar-refractivity contribution in [2.24, 2.45) is 0 Å². The van der Waals surface area contributed by atoms with E-state index >= 15 is 0 Å². The fourth-order valence-corrected chi connectivity index (χ4v) is 2.82. The standard InChI is InChI=1S/C19H31N3O2/c1-16-6-4-7-18(17(16)2)24-15-8-19(23)20-9-5-10-22-13-11-21(3)12-14-22/h4,6-7H,5,8-15H2,1-3H3,(H,20,23). The molecule has 1 fully saturated rings. The van der Waals surface area contributed by atoms with Crippen LogP contribution in [-0.2, 0) is 4.79 Å². The number of piperazine rings is 1. The normalized spacial score (nSPS) is 16.1. The number of rotatable bonds is 8. The number of aryl methyl sites for hydroxylation is 1. The van der Waals surface area contributed by atoms with Crippen molar-refractivity contribution in [3.8, 4) is 5.75 Å². The van der Waals surface area contributed by atoms with Crippen molar-refractivity contribution in [1.82, 2.24) is 15.1 Å². The predicted molar refractivity (Wildman–Crippen MR) is 97.6 cm³/mol. The van der Waals surface area contributed by atoms with Crippen molar-refractivity contribution in [3.63, 3.8) is 0 Å². The average molecular weight is 333 g/mol. The lowest BCUT2D eigenvalue weighted by atomic mass is 10.1. The minimum absolute atomic E-state index is 0.0682. The van der Waals surface area contributed by atoms with Crippen LogP contribution in [0.25, 0.3) is 0 Å². The zero-order valence-corrected chi connectivity index (χ0v) is 15.3. The molecule has 0 unspecified atom stereocenters. The summed E-state index contributed by atoms with van der Waals surface area (Å²) in [5, 5.41) is 2.99. The Morgan fingerprint density at radius 2 is 1.96 bits per heavy atom. The van der Waals surface area contributed by atoms with E-state index in [9.17, 15) is 4.79 Å². The number of carbonyl (C=O) groups excluding carboxylic acids is 1. The SMILES string of the molecule is Cc1cccc(OCCC(=O)NCCCN2CCN(C)CC2)c1C. The Labute approximate surface area is 146 Å². The highest BCUT2D eigenvalue weighted by atomic mass is 16.5. The lowest BCUT2D eigenvalue weighted by molar-refractivity contribution is -0.121. The van der Waals surface area contributed by atoms with E-state index in [0.29, 0.717) is 13.0 Å². The molecule has 1 amide bonds. The lowest BCUT2D eigenvalue weighted by Crippen LogP contribution is -2.45. The van der Waals surface area contributed by atoms with Gasteiger partial charge in [-0.25, -0.2) is 0 Å². The van der Waals surface area contributed by atoms with E-state index in [1.165, 1.54) is 5.56 Å². The first kappa shape index (κ1) is 18.7. The predicted octanol–water partition coefficient (Wildman–Crippen LogP) is 1.83. The molecule has 1 aromatic rings. The molecule has 1 aromatic carbocycles. The second kappa shape index (κ2) is 9.64. The molecule has 0 radical (unpaired) electrons. The molecule has 0 aliphatic carbocycles. The molecule has 5 heteroatoms. The second-order valence-corrected chi connectivity index (χ2v) is 6.64. The number of benzene rings is 1. The van der Waals surface area contributed by atoms with Crippen molar-refractivity contribution in [1.29, 1.82) is 0 Å². The summed E-state index contributed by atoms with van der Waals surface area (Å²) in [5.41, 5.74) is 2.35. The molecule has 24 heavy (non-hydrogen) atoms. The van der Waals surface area contributed by atoms with E-state index in [-0.39, 0.29) is 5.91 Å². The van der Waals surface area contributed by atoms with E-state index in [2.05, 4.69) is 35.2 Å². The summed E-state index contributed by atoms with van der Waals surface area (Å²) in [4.78, 5) is 16.7. The summed E-state index contributed by atoms with van der Waals surface area (Å²) in [5.74, 6) is 0.941. The Balaban J connectivity index is 1.54. The van der Waals surface area contributed by atoms with Gasteiger partial charge in [0, 0.05) is 32.7 Å². The Hall–Kier alpha value is -1.59. The molecule has 2 rings (SSSR count). The van der Waals surface area contributed by atoms with E-state index in [4.69, 9.17) is 4.74 Å². The van der Waals surface area contributed by atoms with Gasteiger partial charge < -0.3 is 19.9 Å². The number of amides is 1. The van der Waals surface area contributed by atoms with Crippen LogP contribution in [0.15, 0.2) is 18.2 Å². The number of likely N-dealkylation sites (N-methyl/N-ethyl adjacent to an activating group) is 1.